The van der Waals surface area contributed by atoms with Crippen LogP contribution in [0.5, 0.6) is 5.75 Å². The molecule has 164 valence electrons. The van der Waals surface area contributed by atoms with Crippen molar-refractivity contribution in [1.82, 2.24) is 0 Å². The summed E-state index contributed by atoms with van der Waals surface area (Å²) in [6.07, 6.45) is -0.380. The zero-order chi connectivity index (χ0) is 23.2. The molecule has 1 amide bonds. The minimum atomic E-state index is -3.03. The van der Waals surface area contributed by atoms with Crippen molar-refractivity contribution in [2.45, 2.75) is 33.1 Å². The zero-order valence-electron chi connectivity index (χ0n) is 17.8. The molecule has 6 nitrogen and oxygen atoms in total. The maximum absolute atomic E-state index is 14.0. The third-order valence-corrected chi connectivity index (χ3v) is 4.55. The summed E-state index contributed by atoms with van der Waals surface area (Å²) in [6.45, 7) is 4.01. The molecular weight excluding hydrogens is 404 g/mol. The van der Waals surface area contributed by atoms with Crippen LogP contribution in [-0.4, -0.2) is 24.5 Å². The van der Waals surface area contributed by atoms with E-state index in [1.807, 2.05) is 0 Å². The fourth-order valence-electron chi connectivity index (χ4n) is 2.84. The molecule has 3 N–H and O–H groups in total. The average Bonchev–Trinajstić information content (AvgIpc) is 2.73. The van der Waals surface area contributed by atoms with E-state index in [0.717, 1.165) is 0 Å². The Bertz CT molecular complexity index is 1010. The van der Waals surface area contributed by atoms with Crippen LogP contribution >= 0.6 is 0 Å². The summed E-state index contributed by atoms with van der Waals surface area (Å²) in [5, 5.41) is 13.4. The molecule has 0 unspecified atom stereocenters. The lowest BCUT2D eigenvalue weighted by molar-refractivity contribution is -0.115. The van der Waals surface area contributed by atoms with Crippen molar-refractivity contribution in [3.63, 3.8) is 0 Å². The summed E-state index contributed by atoms with van der Waals surface area (Å²) in [4.78, 5) is 25.2. The number of hydrogen-bond acceptors (Lipinski definition) is 5. The van der Waals surface area contributed by atoms with Crippen molar-refractivity contribution >= 4 is 28.8 Å². The van der Waals surface area contributed by atoms with E-state index < -0.39 is 17.6 Å². The van der Waals surface area contributed by atoms with Crippen LogP contribution in [0.2, 0.25) is 0 Å². The van der Waals surface area contributed by atoms with Gasteiger partial charge in [-0.15, -0.1) is 0 Å². The Morgan fingerprint density at radius 2 is 1.68 bits per heavy atom. The van der Waals surface area contributed by atoms with Crippen molar-refractivity contribution in [1.29, 1.82) is 5.41 Å². The Balaban J connectivity index is 2.39. The fourth-order valence-corrected chi connectivity index (χ4v) is 2.84. The number of nitrogens with one attached hydrogen (secondary N) is 3. The molecule has 0 aliphatic rings. The normalized spacial score (nSPS) is 11.9. The van der Waals surface area contributed by atoms with Gasteiger partial charge in [0.15, 0.2) is 5.78 Å². The maximum atomic E-state index is 14.0. The molecule has 31 heavy (non-hydrogen) atoms. The highest BCUT2D eigenvalue weighted by molar-refractivity contribution is 6.27. The van der Waals surface area contributed by atoms with E-state index in [-0.39, 0.29) is 34.7 Å². The molecule has 0 saturated heterocycles. The predicted molar refractivity (Wildman–Crippen MR) is 117 cm³/mol. The summed E-state index contributed by atoms with van der Waals surface area (Å²) in [5.41, 5.74) is 0.0110. The van der Waals surface area contributed by atoms with Crippen molar-refractivity contribution in [2.75, 3.05) is 17.7 Å². The molecule has 0 aliphatic heterocycles. The van der Waals surface area contributed by atoms with E-state index in [4.69, 9.17) is 10.1 Å². The van der Waals surface area contributed by atoms with E-state index in [1.54, 1.807) is 24.3 Å². The van der Waals surface area contributed by atoms with Gasteiger partial charge in [0, 0.05) is 36.0 Å². The Kier molecular flexibility index (Phi) is 7.63. The molecule has 2 aromatic carbocycles. The van der Waals surface area contributed by atoms with E-state index >= 15 is 0 Å². The SMILES string of the molecule is CCC(F)(F)c1cccc(NC(=O)/C(C(C)=N)=C(/Nc2ccc(OC)cc2)C(C)=O)c1. The largest absolute Gasteiger partial charge is 0.497 e. The lowest BCUT2D eigenvalue weighted by atomic mass is 10.0. The molecule has 0 bridgehead atoms. The first kappa shape index (κ1) is 23.7. The van der Waals surface area contributed by atoms with Gasteiger partial charge in [-0.1, -0.05) is 19.1 Å². The number of Topliss-reactive ketones (excluding diaryl/α,β-unsaturated/α-hetero) is 1. The van der Waals surface area contributed by atoms with Crippen LogP contribution in [0, 0.1) is 5.41 Å². The standard InChI is InChI=1S/C23H25F2N3O3/c1-5-23(24,25)16-7-6-8-18(13-16)28-22(30)20(14(2)26)21(15(3)29)27-17-9-11-19(31-4)12-10-17/h6-13,26-27H,5H2,1-4H3,(H,28,30)/b21-20+,26-14?. The molecule has 0 radical (unpaired) electrons. The van der Waals surface area contributed by atoms with Crippen LogP contribution in [0.25, 0.3) is 0 Å². The van der Waals surface area contributed by atoms with Gasteiger partial charge in [-0.25, -0.2) is 8.78 Å². The number of anilines is 2. The van der Waals surface area contributed by atoms with Gasteiger partial charge in [-0.3, -0.25) is 9.59 Å². The van der Waals surface area contributed by atoms with Gasteiger partial charge >= 0.3 is 0 Å². The highest BCUT2D eigenvalue weighted by Gasteiger charge is 2.29. The Labute approximate surface area is 179 Å². The number of ether oxygens (including phenoxy) is 1. The molecule has 0 aromatic heterocycles. The predicted octanol–water partition coefficient (Wildman–Crippen LogP) is 5.13. The Morgan fingerprint density at radius 3 is 2.19 bits per heavy atom. The monoisotopic (exact) mass is 429 g/mol. The molecule has 0 spiro atoms. The Morgan fingerprint density at radius 1 is 1.03 bits per heavy atom. The van der Waals surface area contributed by atoms with Crippen molar-refractivity contribution in [3.8, 4) is 5.75 Å². The number of methoxy groups -OCH3 is 1. The van der Waals surface area contributed by atoms with Crippen LogP contribution in [0.1, 0.15) is 32.8 Å². The number of hydrogen-bond donors (Lipinski definition) is 3. The number of alkyl halides is 2. The summed E-state index contributed by atoms with van der Waals surface area (Å²) in [7, 11) is 1.52. The quantitative estimate of drug-likeness (QED) is 0.381. The average molecular weight is 429 g/mol. The summed E-state index contributed by atoms with van der Waals surface area (Å²) >= 11 is 0. The van der Waals surface area contributed by atoms with Crippen molar-refractivity contribution in [3.05, 3.63) is 65.4 Å². The smallest absolute Gasteiger partial charge is 0.273 e. The van der Waals surface area contributed by atoms with Gasteiger partial charge in [0.05, 0.1) is 18.4 Å². The second kappa shape index (κ2) is 9.97. The summed E-state index contributed by atoms with van der Waals surface area (Å²) in [6, 6.07) is 12.0. The number of amides is 1. The molecular formula is C23H25F2N3O3. The van der Waals surface area contributed by atoms with Crippen LogP contribution in [0.4, 0.5) is 20.2 Å². The van der Waals surface area contributed by atoms with Crippen molar-refractivity contribution < 1.29 is 23.1 Å². The first-order valence-electron chi connectivity index (χ1n) is 9.60. The number of allylic oxidation sites excluding steroid dienone is 1. The van der Waals surface area contributed by atoms with Crippen LogP contribution < -0.4 is 15.4 Å². The minimum absolute atomic E-state index is 0.0785. The minimum Gasteiger partial charge on any atom is -0.497 e. The number of carbonyl (C=O) groups excluding carboxylic acids is 2. The number of rotatable bonds is 9. The Hall–Kier alpha value is -3.55. The fraction of sp³-hybridized carbons (Fsp3) is 0.261. The number of halogens is 2. The second-order valence-electron chi connectivity index (χ2n) is 6.88. The molecule has 0 saturated carbocycles. The van der Waals surface area contributed by atoms with Gasteiger partial charge in [0.1, 0.15) is 5.75 Å². The molecule has 2 rings (SSSR count). The highest BCUT2D eigenvalue weighted by Crippen LogP contribution is 2.32. The number of carbonyl (C=O) groups is 2. The first-order chi connectivity index (χ1) is 14.6. The summed E-state index contributed by atoms with van der Waals surface area (Å²) in [5.74, 6) is -3.63. The van der Waals surface area contributed by atoms with Gasteiger partial charge in [-0.2, -0.15) is 0 Å². The zero-order valence-corrected chi connectivity index (χ0v) is 17.8. The van der Waals surface area contributed by atoms with E-state index in [9.17, 15) is 18.4 Å². The van der Waals surface area contributed by atoms with E-state index in [1.165, 1.54) is 52.1 Å². The topological polar surface area (TPSA) is 91.3 Å². The third-order valence-electron chi connectivity index (χ3n) is 4.55. The molecule has 0 heterocycles. The molecule has 8 heteroatoms. The number of benzene rings is 2. The maximum Gasteiger partial charge on any atom is 0.273 e. The first-order valence-corrected chi connectivity index (χ1v) is 9.60. The van der Waals surface area contributed by atoms with Gasteiger partial charge < -0.3 is 20.8 Å². The highest BCUT2D eigenvalue weighted by atomic mass is 19.3. The summed E-state index contributed by atoms with van der Waals surface area (Å²) < 4.78 is 33.1. The van der Waals surface area contributed by atoms with Crippen LogP contribution in [0.15, 0.2) is 59.8 Å². The number of ketones is 1. The molecule has 0 aliphatic carbocycles. The van der Waals surface area contributed by atoms with Gasteiger partial charge in [0.25, 0.3) is 11.8 Å². The second-order valence-corrected chi connectivity index (χ2v) is 6.88. The van der Waals surface area contributed by atoms with Crippen molar-refractivity contribution in [2.24, 2.45) is 0 Å². The lowest BCUT2D eigenvalue weighted by Gasteiger charge is -2.17. The molecule has 0 fully saturated rings. The molecule has 2 aromatic rings. The van der Waals surface area contributed by atoms with E-state index in [2.05, 4.69) is 10.6 Å². The van der Waals surface area contributed by atoms with Gasteiger partial charge in [-0.05, 0) is 43.3 Å². The lowest BCUT2D eigenvalue weighted by Crippen LogP contribution is -2.25. The van der Waals surface area contributed by atoms with Crippen LogP contribution in [-0.2, 0) is 15.5 Å². The van der Waals surface area contributed by atoms with E-state index in [0.29, 0.717) is 11.4 Å². The van der Waals surface area contributed by atoms with Gasteiger partial charge in [0.2, 0.25) is 0 Å². The molecule has 0 atom stereocenters. The van der Waals surface area contributed by atoms with Crippen LogP contribution in [0.3, 0.4) is 0 Å². The third kappa shape index (κ3) is 5.97.